The average molecular weight is 377 g/mol. The monoisotopic (exact) mass is 376 g/mol. The van der Waals surface area contributed by atoms with Crippen molar-refractivity contribution in [1.82, 2.24) is 14.9 Å². The van der Waals surface area contributed by atoms with Crippen LogP contribution in [0.5, 0.6) is 0 Å². The summed E-state index contributed by atoms with van der Waals surface area (Å²) in [6.07, 6.45) is 6.35. The summed E-state index contributed by atoms with van der Waals surface area (Å²) in [5.74, 6) is 0.132. The van der Waals surface area contributed by atoms with E-state index in [0.29, 0.717) is 31.7 Å². The third-order valence-corrected chi connectivity index (χ3v) is 7.22. The smallest absolute Gasteiger partial charge is 0.232 e. The van der Waals surface area contributed by atoms with Crippen molar-refractivity contribution in [3.05, 3.63) is 16.8 Å². The van der Waals surface area contributed by atoms with Crippen molar-refractivity contribution in [3.8, 4) is 0 Å². The van der Waals surface area contributed by atoms with Crippen LogP contribution in [0.25, 0.3) is 10.2 Å². The van der Waals surface area contributed by atoms with Crippen LogP contribution in [0.15, 0.2) is 11.4 Å². The van der Waals surface area contributed by atoms with Gasteiger partial charge >= 0.3 is 0 Å². The molecule has 4 rings (SSSR count). The average Bonchev–Trinajstić information content (AvgIpc) is 3.20. The number of fused-ring (bicyclic) bond motifs is 3. The minimum Gasteiger partial charge on any atom is -0.369 e. The molecule has 6 nitrogen and oxygen atoms in total. The van der Waals surface area contributed by atoms with Gasteiger partial charge in [-0.05, 0) is 37.7 Å². The van der Waals surface area contributed by atoms with E-state index in [1.54, 1.807) is 17.7 Å². The highest BCUT2D eigenvalue weighted by molar-refractivity contribution is 8.00. The number of nitrogens with zero attached hydrogens (tertiary/aromatic N) is 3. The number of aryl methyl sites for hydroxylation is 2. The second-order valence-corrected chi connectivity index (χ2v) is 8.61. The van der Waals surface area contributed by atoms with Crippen LogP contribution in [0.4, 0.5) is 0 Å². The first-order chi connectivity index (χ1) is 12.1. The van der Waals surface area contributed by atoms with E-state index in [1.165, 1.54) is 28.6 Å². The Morgan fingerprint density at radius 3 is 2.84 bits per heavy atom. The Bertz CT molecular complexity index is 827. The van der Waals surface area contributed by atoms with E-state index in [2.05, 4.69) is 9.97 Å². The number of piperidine rings is 1. The van der Waals surface area contributed by atoms with Crippen molar-refractivity contribution < 1.29 is 9.59 Å². The van der Waals surface area contributed by atoms with Crippen molar-refractivity contribution in [2.75, 3.05) is 18.8 Å². The molecule has 2 N–H and O–H groups in total. The van der Waals surface area contributed by atoms with Gasteiger partial charge in [0.2, 0.25) is 11.8 Å². The standard InChI is InChI=1S/C17H20N4O2S2/c18-15(23)10-4-6-21(7-5-10)13(22)8-24-16-14-11-2-1-3-12(11)25-17(14)20-9-19-16/h9-10H,1-8H2,(H2,18,23). The van der Waals surface area contributed by atoms with Gasteiger partial charge in [-0.1, -0.05) is 11.8 Å². The van der Waals surface area contributed by atoms with E-state index in [0.717, 1.165) is 28.1 Å². The van der Waals surface area contributed by atoms with E-state index in [1.807, 2.05) is 4.90 Å². The molecule has 1 aliphatic heterocycles. The summed E-state index contributed by atoms with van der Waals surface area (Å²) < 4.78 is 0. The second-order valence-electron chi connectivity index (χ2n) is 6.56. The van der Waals surface area contributed by atoms with Gasteiger partial charge in [0.1, 0.15) is 16.2 Å². The van der Waals surface area contributed by atoms with E-state index in [4.69, 9.17) is 5.73 Å². The van der Waals surface area contributed by atoms with Gasteiger partial charge in [0, 0.05) is 29.3 Å². The van der Waals surface area contributed by atoms with E-state index >= 15 is 0 Å². The van der Waals surface area contributed by atoms with Gasteiger partial charge in [0.25, 0.3) is 0 Å². The number of likely N-dealkylation sites (tertiary alicyclic amines) is 1. The summed E-state index contributed by atoms with van der Waals surface area (Å²) in [5, 5.41) is 2.08. The Balaban J connectivity index is 1.43. The molecule has 3 heterocycles. The summed E-state index contributed by atoms with van der Waals surface area (Å²) in [6.45, 7) is 1.22. The predicted molar refractivity (Wildman–Crippen MR) is 98.7 cm³/mol. The van der Waals surface area contributed by atoms with Crippen LogP contribution >= 0.6 is 23.1 Å². The van der Waals surface area contributed by atoms with Crippen molar-refractivity contribution in [3.63, 3.8) is 0 Å². The maximum atomic E-state index is 12.5. The molecule has 0 saturated carbocycles. The molecule has 2 aliphatic rings. The fraction of sp³-hybridized carbons (Fsp3) is 0.529. The molecular formula is C17H20N4O2S2. The summed E-state index contributed by atoms with van der Waals surface area (Å²) in [5.41, 5.74) is 6.74. The van der Waals surface area contributed by atoms with E-state index < -0.39 is 0 Å². The number of thiophene rings is 1. The normalized spacial score (nSPS) is 17.8. The van der Waals surface area contributed by atoms with Crippen molar-refractivity contribution in [2.45, 2.75) is 37.1 Å². The fourth-order valence-electron chi connectivity index (χ4n) is 3.64. The molecular weight excluding hydrogens is 356 g/mol. The fourth-order valence-corrected chi connectivity index (χ4v) is 5.87. The van der Waals surface area contributed by atoms with Crippen LogP contribution in [-0.2, 0) is 22.4 Å². The van der Waals surface area contributed by atoms with Crippen molar-refractivity contribution >= 4 is 45.1 Å². The lowest BCUT2D eigenvalue weighted by atomic mass is 9.96. The van der Waals surface area contributed by atoms with Crippen molar-refractivity contribution in [1.29, 1.82) is 0 Å². The molecule has 1 aliphatic carbocycles. The first kappa shape index (κ1) is 16.8. The van der Waals surface area contributed by atoms with Crippen LogP contribution in [0, 0.1) is 5.92 Å². The van der Waals surface area contributed by atoms with E-state index in [-0.39, 0.29) is 17.7 Å². The zero-order chi connectivity index (χ0) is 17.4. The number of hydrogen-bond donors (Lipinski definition) is 1. The summed E-state index contributed by atoms with van der Waals surface area (Å²) in [6, 6.07) is 0. The molecule has 25 heavy (non-hydrogen) atoms. The largest absolute Gasteiger partial charge is 0.369 e. The van der Waals surface area contributed by atoms with Crippen LogP contribution in [0.3, 0.4) is 0 Å². The number of thioether (sulfide) groups is 1. The molecule has 0 unspecified atom stereocenters. The minimum absolute atomic E-state index is 0.0911. The number of hydrogen-bond acceptors (Lipinski definition) is 6. The third-order valence-electron chi connectivity index (χ3n) is 5.05. The van der Waals surface area contributed by atoms with Crippen LogP contribution < -0.4 is 5.73 Å². The molecule has 0 bridgehead atoms. The number of carbonyl (C=O) groups excluding carboxylic acids is 2. The first-order valence-corrected chi connectivity index (χ1v) is 10.4. The Morgan fingerprint density at radius 2 is 2.08 bits per heavy atom. The quantitative estimate of drug-likeness (QED) is 0.651. The van der Waals surface area contributed by atoms with Gasteiger partial charge in [-0.25, -0.2) is 9.97 Å². The van der Waals surface area contributed by atoms with Gasteiger partial charge in [0.15, 0.2) is 0 Å². The van der Waals surface area contributed by atoms with Gasteiger partial charge in [0.05, 0.1) is 5.75 Å². The lowest BCUT2D eigenvalue weighted by Gasteiger charge is -2.30. The first-order valence-electron chi connectivity index (χ1n) is 8.58. The highest BCUT2D eigenvalue weighted by atomic mass is 32.2. The minimum atomic E-state index is -0.254. The summed E-state index contributed by atoms with van der Waals surface area (Å²) >= 11 is 3.26. The van der Waals surface area contributed by atoms with Gasteiger partial charge in [-0.3, -0.25) is 9.59 Å². The molecule has 132 valence electrons. The van der Waals surface area contributed by atoms with Crippen LogP contribution in [0.1, 0.15) is 29.7 Å². The van der Waals surface area contributed by atoms with Gasteiger partial charge < -0.3 is 10.6 Å². The Kier molecular flexibility index (Phi) is 4.64. The number of amides is 2. The zero-order valence-corrected chi connectivity index (χ0v) is 15.5. The van der Waals surface area contributed by atoms with E-state index in [9.17, 15) is 9.59 Å². The molecule has 0 radical (unpaired) electrons. The van der Waals surface area contributed by atoms with Crippen LogP contribution in [-0.4, -0.2) is 45.5 Å². The third kappa shape index (κ3) is 3.25. The molecule has 8 heteroatoms. The summed E-state index contributed by atoms with van der Waals surface area (Å²) in [7, 11) is 0. The van der Waals surface area contributed by atoms with Gasteiger partial charge in [-0.2, -0.15) is 0 Å². The van der Waals surface area contributed by atoms with Crippen LogP contribution in [0.2, 0.25) is 0 Å². The number of nitrogens with two attached hydrogens (primary N) is 1. The highest BCUT2D eigenvalue weighted by Crippen LogP contribution is 2.40. The predicted octanol–water partition coefficient (Wildman–Crippen LogP) is 2.00. The molecule has 2 amide bonds. The molecule has 0 atom stereocenters. The van der Waals surface area contributed by atoms with Crippen molar-refractivity contribution in [2.24, 2.45) is 11.7 Å². The summed E-state index contributed by atoms with van der Waals surface area (Å²) in [4.78, 5) is 36.9. The lowest BCUT2D eigenvalue weighted by molar-refractivity contribution is -0.132. The number of aromatic nitrogens is 2. The zero-order valence-electron chi connectivity index (χ0n) is 13.9. The molecule has 0 aromatic carbocycles. The molecule has 2 aromatic heterocycles. The molecule has 1 fully saturated rings. The Hall–Kier alpha value is -1.67. The topological polar surface area (TPSA) is 89.2 Å². The highest BCUT2D eigenvalue weighted by Gasteiger charge is 2.26. The molecule has 0 spiro atoms. The second kappa shape index (κ2) is 6.92. The Morgan fingerprint density at radius 1 is 1.28 bits per heavy atom. The SMILES string of the molecule is NC(=O)C1CCN(C(=O)CSc2ncnc3sc4c(c23)CCC4)CC1. The Labute approximate surface area is 154 Å². The maximum Gasteiger partial charge on any atom is 0.232 e. The van der Waals surface area contributed by atoms with Gasteiger partial charge in [-0.15, -0.1) is 11.3 Å². The number of carbonyl (C=O) groups is 2. The maximum absolute atomic E-state index is 12.5. The molecule has 2 aromatic rings. The number of rotatable bonds is 4. The molecule has 1 saturated heterocycles. The lowest BCUT2D eigenvalue weighted by Crippen LogP contribution is -2.42. The number of primary amides is 1.